The van der Waals surface area contributed by atoms with Crippen molar-refractivity contribution in [2.24, 2.45) is 0 Å². The molecule has 2 aromatic rings. The minimum Gasteiger partial charge on any atom is -0.504 e. The molecule has 0 aromatic heterocycles. The zero-order chi connectivity index (χ0) is 26.1. The molecule has 0 amide bonds. The second-order valence-electron chi connectivity index (χ2n) is 6.74. The minimum atomic E-state index is -2.39. The lowest BCUT2D eigenvalue weighted by Crippen LogP contribution is -2.45. The summed E-state index contributed by atoms with van der Waals surface area (Å²) in [7, 11) is 1.31. The van der Waals surface area contributed by atoms with Crippen molar-refractivity contribution in [2.75, 3.05) is 7.11 Å². The van der Waals surface area contributed by atoms with E-state index in [1.807, 2.05) is 0 Å². The first kappa shape index (κ1) is 26.3. The molecule has 0 heterocycles. The summed E-state index contributed by atoms with van der Waals surface area (Å²) in [4.78, 5) is 47.2. The molecule has 0 aliphatic rings. The van der Waals surface area contributed by atoms with Crippen LogP contribution in [-0.2, 0) is 28.7 Å². The number of phenols is 3. The van der Waals surface area contributed by atoms with Gasteiger partial charge in [-0.2, -0.15) is 0 Å². The maximum atomic E-state index is 12.1. The molecule has 184 valence electrons. The molecule has 5 N–H and O–H groups in total. The first-order valence-electron chi connectivity index (χ1n) is 9.63. The van der Waals surface area contributed by atoms with Crippen molar-refractivity contribution in [3.05, 3.63) is 59.7 Å². The van der Waals surface area contributed by atoms with Crippen LogP contribution in [0, 0.1) is 0 Å². The summed E-state index contributed by atoms with van der Waals surface area (Å²) in [5.74, 6) is -7.22. The van der Waals surface area contributed by atoms with Gasteiger partial charge in [-0.25, -0.2) is 19.2 Å². The van der Waals surface area contributed by atoms with Crippen LogP contribution in [0.5, 0.6) is 23.0 Å². The van der Waals surface area contributed by atoms with Gasteiger partial charge in [-0.15, -0.1) is 0 Å². The maximum absolute atomic E-state index is 12.1. The van der Waals surface area contributed by atoms with Gasteiger partial charge in [0.05, 0.1) is 7.11 Å². The Morgan fingerprint density at radius 3 is 1.60 bits per heavy atom. The van der Waals surface area contributed by atoms with Crippen LogP contribution in [-0.4, -0.2) is 68.7 Å². The zero-order valence-electron chi connectivity index (χ0n) is 18.0. The van der Waals surface area contributed by atoms with E-state index in [0.29, 0.717) is 5.56 Å². The lowest BCUT2D eigenvalue weighted by Gasteiger charge is -2.19. The lowest BCUT2D eigenvalue weighted by atomic mass is 10.2. The van der Waals surface area contributed by atoms with Crippen LogP contribution in [0.15, 0.2) is 48.6 Å². The first-order valence-corrected chi connectivity index (χ1v) is 9.63. The molecular formula is C23H20O12. The van der Waals surface area contributed by atoms with Crippen molar-refractivity contribution >= 4 is 36.0 Å². The van der Waals surface area contributed by atoms with E-state index in [2.05, 4.69) is 9.47 Å². The van der Waals surface area contributed by atoms with Crippen LogP contribution < -0.4 is 4.74 Å². The fourth-order valence-corrected chi connectivity index (χ4v) is 2.58. The van der Waals surface area contributed by atoms with E-state index < -0.39 is 47.6 Å². The number of benzene rings is 2. The van der Waals surface area contributed by atoms with E-state index in [0.717, 1.165) is 30.4 Å². The largest absolute Gasteiger partial charge is 0.504 e. The Labute approximate surface area is 197 Å². The Hall–Kier alpha value is -5.00. The fourth-order valence-electron chi connectivity index (χ4n) is 2.58. The van der Waals surface area contributed by atoms with Gasteiger partial charge in [-0.3, -0.25) is 0 Å². The van der Waals surface area contributed by atoms with E-state index in [1.165, 1.54) is 37.5 Å². The molecule has 12 heteroatoms. The van der Waals surface area contributed by atoms with Gasteiger partial charge in [0.2, 0.25) is 12.2 Å². The Balaban J connectivity index is 2.12. The Morgan fingerprint density at radius 1 is 0.714 bits per heavy atom. The molecule has 0 fully saturated rings. The van der Waals surface area contributed by atoms with Crippen LogP contribution in [0.25, 0.3) is 12.2 Å². The molecule has 12 nitrogen and oxygen atoms in total. The minimum absolute atomic E-state index is 0.109. The predicted molar refractivity (Wildman–Crippen MR) is 118 cm³/mol. The number of hydrogen-bond donors (Lipinski definition) is 5. The number of carbonyl (C=O) groups is 4. The Bertz CT molecular complexity index is 1180. The summed E-state index contributed by atoms with van der Waals surface area (Å²) in [5.41, 5.74) is 0.608. The standard InChI is InChI=1S/C23H20O12/c1-33-17-11-13(3-7-15(17)25)5-9-19(28)35-21(23(31)32)20(22(29)30)34-18(27)8-4-12-2-6-14(24)16(26)10-12/h2-11,20-21,24-26H,1H3,(H,29,30)(H,31,32)/t20-,21-/m1/s1. The highest BCUT2D eigenvalue weighted by Crippen LogP contribution is 2.27. The molecule has 0 saturated carbocycles. The summed E-state index contributed by atoms with van der Waals surface area (Å²) in [6, 6.07) is 7.64. The molecule has 0 unspecified atom stereocenters. The molecule has 0 aliphatic carbocycles. The number of rotatable bonds is 10. The number of carbonyl (C=O) groups excluding carboxylic acids is 2. The second kappa shape index (κ2) is 11.7. The zero-order valence-corrected chi connectivity index (χ0v) is 18.0. The van der Waals surface area contributed by atoms with Crippen molar-refractivity contribution in [3.63, 3.8) is 0 Å². The predicted octanol–water partition coefficient (Wildman–Crippen LogP) is 1.53. The molecule has 0 spiro atoms. The van der Waals surface area contributed by atoms with Crippen molar-refractivity contribution in [2.45, 2.75) is 12.2 Å². The average molecular weight is 488 g/mol. The summed E-state index contributed by atoms with van der Waals surface area (Å²) in [6.45, 7) is 0. The van der Waals surface area contributed by atoms with E-state index >= 15 is 0 Å². The summed E-state index contributed by atoms with van der Waals surface area (Å²) in [5, 5.41) is 47.0. The average Bonchev–Trinajstić information content (AvgIpc) is 2.81. The molecule has 2 atom stereocenters. The molecular weight excluding hydrogens is 468 g/mol. The smallest absolute Gasteiger partial charge is 0.349 e. The van der Waals surface area contributed by atoms with Gasteiger partial charge in [0.1, 0.15) is 0 Å². The highest BCUT2D eigenvalue weighted by Gasteiger charge is 2.40. The molecule has 35 heavy (non-hydrogen) atoms. The topological polar surface area (TPSA) is 197 Å². The SMILES string of the molecule is COc1cc(C=CC(=O)O[C@@H](C(=O)O)[C@@H](OC(=O)C=Cc2ccc(O)c(O)c2)C(=O)O)ccc1O. The molecule has 0 radical (unpaired) electrons. The lowest BCUT2D eigenvalue weighted by molar-refractivity contribution is -0.183. The quantitative estimate of drug-likeness (QED) is 0.184. The monoisotopic (exact) mass is 488 g/mol. The first-order chi connectivity index (χ1) is 16.5. The third-order valence-corrected chi connectivity index (χ3v) is 4.27. The van der Waals surface area contributed by atoms with Crippen molar-refractivity contribution in [1.29, 1.82) is 0 Å². The Morgan fingerprint density at radius 2 is 1.17 bits per heavy atom. The fraction of sp³-hybridized carbons (Fsp3) is 0.130. The summed E-state index contributed by atoms with van der Waals surface area (Å²) < 4.78 is 14.3. The third-order valence-electron chi connectivity index (χ3n) is 4.27. The molecule has 0 bridgehead atoms. The number of phenolic OH excluding ortho intramolecular Hbond substituents is 3. The molecule has 2 rings (SSSR count). The third kappa shape index (κ3) is 7.53. The van der Waals surface area contributed by atoms with Crippen LogP contribution >= 0.6 is 0 Å². The Kier molecular flexibility index (Phi) is 8.81. The number of ether oxygens (including phenoxy) is 3. The van der Waals surface area contributed by atoms with E-state index in [4.69, 9.17) is 4.74 Å². The van der Waals surface area contributed by atoms with Gasteiger partial charge in [-0.1, -0.05) is 12.1 Å². The number of hydrogen-bond acceptors (Lipinski definition) is 10. The number of methoxy groups -OCH3 is 1. The highest BCUT2D eigenvalue weighted by molar-refractivity contribution is 5.93. The summed E-state index contributed by atoms with van der Waals surface area (Å²) >= 11 is 0. The van der Waals surface area contributed by atoms with Crippen LogP contribution in [0.4, 0.5) is 0 Å². The van der Waals surface area contributed by atoms with Crippen LogP contribution in [0.2, 0.25) is 0 Å². The van der Waals surface area contributed by atoms with E-state index in [9.17, 15) is 44.7 Å². The van der Waals surface area contributed by atoms with Gasteiger partial charge in [-0.05, 0) is 47.5 Å². The number of esters is 2. The number of carboxylic acids is 2. The molecule has 0 saturated heterocycles. The van der Waals surface area contributed by atoms with E-state index in [-0.39, 0.29) is 17.1 Å². The van der Waals surface area contributed by atoms with Gasteiger partial charge < -0.3 is 39.7 Å². The van der Waals surface area contributed by atoms with Gasteiger partial charge >= 0.3 is 23.9 Å². The highest BCUT2D eigenvalue weighted by atomic mass is 16.6. The number of aliphatic carboxylic acids is 2. The summed E-state index contributed by atoms with van der Waals surface area (Å²) in [6.07, 6.45) is -0.907. The number of aromatic hydroxyl groups is 3. The van der Waals surface area contributed by atoms with E-state index in [1.54, 1.807) is 0 Å². The molecule has 0 aliphatic heterocycles. The second-order valence-corrected chi connectivity index (χ2v) is 6.74. The van der Waals surface area contributed by atoms with Gasteiger partial charge in [0.25, 0.3) is 0 Å². The van der Waals surface area contributed by atoms with Crippen molar-refractivity contribution in [3.8, 4) is 23.0 Å². The van der Waals surface area contributed by atoms with Crippen molar-refractivity contribution < 1.29 is 58.9 Å². The van der Waals surface area contributed by atoms with Crippen LogP contribution in [0.3, 0.4) is 0 Å². The van der Waals surface area contributed by atoms with Crippen LogP contribution in [0.1, 0.15) is 11.1 Å². The molecule has 2 aromatic carbocycles. The maximum Gasteiger partial charge on any atom is 0.349 e. The number of carboxylic acid groups (broad SMARTS) is 2. The normalized spacial score (nSPS) is 12.7. The van der Waals surface area contributed by atoms with Crippen molar-refractivity contribution in [1.82, 2.24) is 0 Å². The van der Waals surface area contributed by atoms with Gasteiger partial charge in [0.15, 0.2) is 23.0 Å². The van der Waals surface area contributed by atoms with Gasteiger partial charge in [0, 0.05) is 12.2 Å².